The molecule has 62 heavy (non-hydrogen) atoms. The summed E-state index contributed by atoms with van der Waals surface area (Å²) in [5.41, 5.74) is -4.15. The van der Waals surface area contributed by atoms with E-state index in [1.165, 1.54) is 6.20 Å². The van der Waals surface area contributed by atoms with Crippen molar-refractivity contribution in [2.75, 3.05) is 85.1 Å². The average molecular weight is 873 g/mol. The normalized spacial score (nSPS) is 19.7. The lowest BCUT2D eigenvalue weighted by atomic mass is 9.97. The maximum absolute atomic E-state index is 16.2. The first kappa shape index (κ1) is 48.4. The van der Waals surface area contributed by atoms with Crippen LogP contribution in [0.1, 0.15) is 104 Å². The predicted molar refractivity (Wildman–Crippen MR) is 228 cm³/mol. The van der Waals surface area contributed by atoms with Crippen LogP contribution in [0.5, 0.6) is 5.75 Å². The summed E-state index contributed by atoms with van der Waals surface area (Å²) in [6.45, 7) is 20.7. The van der Waals surface area contributed by atoms with E-state index in [9.17, 15) is 33.9 Å². The second-order valence-corrected chi connectivity index (χ2v) is 19.7. The van der Waals surface area contributed by atoms with Crippen LogP contribution < -0.4 is 15.5 Å². The number of carbonyl (C=O) groups excluding carboxylic acids is 4. The molecule has 1 amide bonds. The van der Waals surface area contributed by atoms with Crippen molar-refractivity contribution in [3.05, 3.63) is 39.4 Å². The SMILES string of the molecule is CC1COc2c(C3(NC(=O)CN4CCN(CC(=O)OC(C)(C)C)CCN(CC(=O)OC(C)(C)C)CCN(CC(=O)OC(C)(C)C)CC4)CC3)c(F)cc3c(=O)c(C(=O)O)cn1c23. The quantitative estimate of drug-likeness (QED) is 0.247. The van der Waals surface area contributed by atoms with Crippen LogP contribution in [-0.4, -0.2) is 161 Å². The van der Waals surface area contributed by atoms with Crippen molar-refractivity contribution in [2.24, 2.45) is 0 Å². The molecule has 0 bridgehead atoms. The first-order valence-corrected chi connectivity index (χ1v) is 21.4. The van der Waals surface area contributed by atoms with E-state index in [1.807, 2.05) is 19.6 Å². The van der Waals surface area contributed by atoms with Crippen molar-refractivity contribution in [1.82, 2.24) is 29.5 Å². The van der Waals surface area contributed by atoms with Gasteiger partial charge in [0.1, 0.15) is 34.8 Å². The van der Waals surface area contributed by atoms with E-state index in [2.05, 4.69) is 5.32 Å². The van der Waals surface area contributed by atoms with Gasteiger partial charge in [-0.15, -0.1) is 0 Å². The molecule has 0 spiro atoms. The van der Waals surface area contributed by atoms with Crippen molar-refractivity contribution in [1.29, 1.82) is 0 Å². The zero-order valence-electron chi connectivity index (χ0n) is 38.0. The Bertz CT molecular complexity index is 2040. The number of nitrogens with zero attached hydrogens (tertiary/aromatic N) is 5. The molecule has 1 aliphatic carbocycles. The molecule has 5 rings (SSSR count). The molecule has 2 N–H and O–H groups in total. The predicted octanol–water partition coefficient (Wildman–Crippen LogP) is 3.14. The number of nitrogens with one attached hydrogen (secondary N) is 1. The summed E-state index contributed by atoms with van der Waals surface area (Å²) >= 11 is 0. The van der Waals surface area contributed by atoms with E-state index in [0.717, 1.165) is 6.07 Å². The Morgan fingerprint density at radius 3 is 1.52 bits per heavy atom. The van der Waals surface area contributed by atoms with Crippen LogP contribution >= 0.6 is 0 Å². The molecule has 1 aromatic heterocycles. The number of pyridine rings is 1. The van der Waals surface area contributed by atoms with Crippen molar-refractivity contribution < 1.29 is 52.4 Å². The number of ether oxygens (including phenoxy) is 4. The van der Waals surface area contributed by atoms with Crippen molar-refractivity contribution in [3.8, 4) is 5.75 Å². The Morgan fingerprint density at radius 1 is 0.742 bits per heavy atom. The Labute approximate surface area is 362 Å². The van der Waals surface area contributed by atoms with Gasteiger partial charge in [0.2, 0.25) is 11.3 Å². The largest absolute Gasteiger partial charge is 0.489 e. The zero-order chi connectivity index (χ0) is 45.9. The summed E-state index contributed by atoms with van der Waals surface area (Å²) in [5, 5.41) is 12.7. The van der Waals surface area contributed by atoms with Crippen molar-refractivity contribution in [2.45, 2.75) is 110 Å². The summed E-state index contributed by atoms with van der Waals surface area (Å²) in [4.78, 5) is 86.2. The van der Waals surface area contributed by atoms with Crippen LogP contribution in [0.25, 0.3) is 10.9 Å². The molecule has 344 valence electrons. The maximum Gasteiger partial charge on any atom is 0.341 e. The number of benzene rings is 1. The van der Waals surface area contributed by atoms with Gasteiger partial charge >= 0.3 is 23.9 Å². The second-order valence-electron chi connectivity index (χ2n) is 19.7. The summed E-state index contributed by atoms with van der Waals surface area (Å²) in [5.74, 6) is -3.74. The number of hydrogen-bond acceptors (Lipinski definition) is 14. The summed E-state index contributed by atoms with van der Waals surface area (Å²) in [6.07, 6.45) is 2.06. The van der Waals surface area contributed by atoms with Crippen LogP contribution in [-0.2, 0) is 38.9 Å². The first-order valence-electron chi connectivity index (χ1n) is 21.4. The van der Waals surface area contributed by atoms with E-state index in [-0.39, 0.29) is 61.0 Å². The number of carboxylic acid groups (broad SMARTS) is 1. The molecule has 0 radical (unpaired) electrons. The molecule has 1 saturated carbocycles. The van der Waals surface area contributed by atoms with Gasteiger partial charge in [0.15, 0.2) is 5.75 Å². The minimum absolute atomic E-state index is 0.00310. The number of rotatable bonds is 11. The number of aromatic nitrogens is 1. The van der Waals surface area contributed by atoms with E-state index in [4.69, 9.17) is 18.9 Å². The molecule has 3 heterocycles. The van der Waals surface area contributed by atoms with Crippen LogP contribution in [0.15, 0.2) is 17.1 Å². The Kier molecular flexibility index (Phi) is 14.8. The first-order chi connectivity index (χ1) is 28.7. The molecular weight excluding hydrogens is 808 g/mol. The molecular formula is C44H65FN6O11. The minimum atomic E-state index is -1.42. The van der Waals surface area contributed by atoms with Gasteiger partial charge in [-0.05, 0) is 88.1 Å². The standard InChI is InChI=1S/C44H65FN6O11/c1-28-27-59-39-36(31(45)21-29-37(39)51(28)22-30(38(29)56)40(57)58)44(11-12-44)46-32(52)23-47-13-15-48(24-33(53)60-41(2,3)4)17-19-50(26-35(55)62-43(8,9)10)20-18-49(16-14-47)25-34(54)61-42(5,6)7/h21-22,28H,11-20,23-27H2,1-10H3,(H,46,52)(H,57,58). The van der Waals surface area contributed by atoms with E-state index in [0.29, 0.717) is 65.2 Å². The van der Waals surface area contributed by atoms with E-state index < -0.39 is 68.9 Å². The number of carboxylic acids is 1. The van der Waals surface area contributed by atoms with Gasteiger partial charge in [-0.3, -0.25) is 43.6 Å². The average Bonchev–Trinajstić information content (AvgIpc) is 3.88. The summed E-state index contributed by atoms with van der Waals surface area (Å²) < 4.78 is 40.9. The number of esters is 3. The van der Waals surface area contributed by atoms with Crippen LogP contribution in [0.3, 0.4) is 0 Å². The van der Waals surface area contributed by atoms with E-state index >= 15 is 4.39 Å². The van der Waals surface area contributed by atoms with Gasteiger partial charge in [-0.25, -0.2) is 9.18 Å². The zero-order valence-corrected chi connectivity index (χ0v) is 38.0. The number of aromatic carboxylic acids is 1. The topological polar surface area (TPSA) is 189 Å². The second kappa shape index (κ2) is 19.0. The molecule has 1 atom stereocenters. The van der Waals surface area contributed by atoms with Gasteiger partial charge in [0.05, 0.1) is 54.2 Å². The van der Waals surface area contributed by atoms with Gasteiger partial charge in [-0.1, -0.05) is 0 Å². The lowest BCUT2D eigenvalue weighted by Crippen LogP contribution is -2.51. The molecule has 18 heteroatoms. The minimum Gasteiger partial charge on any atom is -0.489 e. The molecule has 2 aromatic rings. The lowest BCUT2D eigenvalue weighted by Gasteiger charge is -2.34. The number of halogens is 1. The highest BCUT2D eigenvalue weighted by Crippen LogP contribution is 2.52. The van der Waals surface area contributed by atoms with Crippen LogP contribution in [0, 0.1) is 5.82 Å². The molecule has 1 unspecified atom stereocenters. The van der Waals surface area contributed by atoms with Gasteiger partial charge in [0.25, 0.3) is 0 Å². The van der Waals surface area contributed by atoms with Gasteiger partial charge < -0.3 is 33.9 Å². The van der Waals surface area contributed by atoms with Gasteiger partial charge in [0, 0.05) is 58.6 Å². The molecule has 1 saturated heterocycles. The third-order valence-corrected chi connectivity index (χ3v) is 10.6. The Morgan fingerprint density at radius 2 is 1.15 bits per heavy atom. The molecule has 2 fully saturated rings. The third-order valence-electron chi connectivity index (χ3n) is 10.6. The fourth-order valence-corrected chi connectivity index (χ4v) is 7.78. The Hall–Kier alpha value is -4.65. The maximum atomic E-state index is 16.2. The molecule has 2 aliphatic heterocycles. The molecule has 17 nitrogen and oxygen atoms in total. The molecule has 3 aliphatic rings. The monoisotopic (exact) mass is 872 g/mol. The van der Waals surface area contributed by atoms with Crippen molar-refractivity contribution in [3.63, 3.8) is 0 Å². The summed E-state index contributed by atoms with van der Waals surface area (Å²) in [7, 11) is 0. The van der Waals surface area contributed by atoms with Gasteiger partial charge in [-0.2, -0.15) is 0 Å². The fourth-order valence-electron chi connectivity index (χ4n) is 7.78. The lowest BCUT2D eigenvalue weighted by molar-refractivity contribution is -0.158. The number of carbonyl (C=O) groups is 5. The molecule has 1 aromatic carbocycles. The third kappa shape index (κ3) is 13.2. The van der Waals surface area contributed by atoms with Crippen LogP contribution in [0.4, 0.5) is 4.39 Å². The fraction of sp³-hybridized carbons (Fsp3) is 0.682. The smallest absolute Gasteiger partial charge is 0.341 e. The summed E-state index contributed by atoms with van der Waals surface area (Å²) in [6, 6.07) is 0.690. The Balaban J connectivity index is 1.41. The number of hydrogen-bond donors (Lipinski definition) is 2. The highest BCUT2D eigenvalue weighted by molar-refractivity contribution is 5.95. The van der Waals surface area contributed by atoms with E-state index in [1.54, 1.807) is 73.8 Å². The van der Waals surface area contributed by atoms with Crippen LogP contribution in [0.2, 0.25) is 0 Å². The van der Waals surface area contributed by atoms with Crippen molar-refractivity contribution >= 4 is 40.7 Å². The highest BCUT2D eigenvalue weighted by atomic mass is 19.1. The highest BCUT2D eigenvalue weighted by Gasteiger charge is 2.51. The number of amides is 1.